The number of thiophene rings is 1. The fraction of sp³-hybridized carbons (Fsp3) is 0.276. The highest BCUT2D eigenvalue weighted by molar-refractivity contribution is 7.16. The zero-order valence-electron chi connectivity index (χ0n) is 19.9. The van der Waals surface area contributed by atoms with Gasteiger partial charge >= 0.3 is 5.97 Å². The van der Waals surface area contributed by atoms with Crippen molar-refractivity contribution in [2.45, 2.75) is 39.7 Å². The first-order valence-corrected chi connectivity index (χ1v) is 12.5. The second kappa shape index (κ2) is 8.66. The first-order valence-electron chi connectivity index (χ1n) is 11.7. The third kappa shape index (κ3) is 4.27. The number of aryl methyl sites for hydroxylation is 1. The largest absolute Gasteiger partial charge is 0.478 e. The molecule has 5 heteroatoms. The van der Waals surface area contributed by atoms with E-state index in [2.05, 4.69) is 68.4 Å². The molecule has 1 aliphatic carbocycles. The minimum absolute atomic E-state index is 0.121. The molecule has 0 amide bonds. The van der Waals surface area contributed by atoms with Crippen molar-refractivity contribution in [3.63, 3.8) is 0 Å². The van der Waals surface area contributed by atoms with Gasteiger partial charge in [-0.25, -0.2) is 9.80 Å². The average molecular weight is 471 g/mol. The van der Waals surface area contributed by atoms with Crippen LogP contribution in [0.3, 0.4) is 0 Å². The Hall–Kier alpha value is -2.99. The summed E-state index contributed by atoms with van der Waals surface area (Å²) in [5.74, 6) is 5.25. The van der Waals surface area contributed by atoms with Crippen LogP contribution in [-0.4, -0.2) is 23.1 Å². The van der Waals surface area contributed by atoms with Gasteiger partial charge in [0.25, 0.3) is 0 Å². The minimum Gasteiger partial charge on any atom is -0.478 e. The fourth-order valence-corrected chi connectivity index (χ4v) is 6.47. The lowest BCUT2D eigenvalue weighted by molar-refractivity contribution is 0.0696. The molecule has 4 aromatic rings. The molecule has 3 aromatic carbocycles. The standard InChI is InChI=1S/C29H30N2O2S/c1-29(2)13-12-25-24(16-29)26(28(32)33)27(34-25)23-11-10-21(15-22(23)17-31(3)30)20-9-8-18-6-4-5-7-19(18)14-20/h4-11,14-15H,12-13,16-17,30H2,1-3H3,(H,32,33). The number of hydrogen-bond acceptors (Lipinski definition) is 4. The topological polar surface area (TPSA) is 66.6 Å². The lowest BCUT2D eigenvalue weighted by Gasteiger charge is -2.29. The van der Waals surface area contributed by atoms with Crippen LogP contribution in [0.25, 0.3) is 32.3 Å². The first kappa shape index (κ1) is 22.8. The molecule has 0 spiro atoms. The van der Waals surface area contributed by atoms with Crippen molar-refractivity contribution < 1.29 is 9.90 Å². The van der Waals surface area contributed by atoms with E-state index < -0.39 is 5.97 Å². The Labute approximate surface area is 204 Å². The summed E-state index contributed by atoms with van der Waals surface area (Å²) in [4.78, 5) is 14.5. The van der Waals surface area contributed by atoms with E-state index in [1.165, 1.54) is 15.6 Å². The van der Waals surface area contributed by atoms with Crippen LogP contribution in [0.5, 0.6) is 0 Å². The monoisotopic (exact) mass is 470 g/mol. The van der Waals surface area contributed by atoms with Crippen molar-refractivity contribution in [3.05, 3.63) is 82.2 Å². The highest BCUT2D eigenvalue weighted by Gasteiger charge is 2.33. The van der Waals surface area contributed by atoms with Gasteiger partial charge in [0.05, 0.1) is 5.56 Å². The molecule has 0 aliphatic heterocycles. The van der Waals surface area contributed by atoms with E-state index in [4.69, 9.17) is 5.84 Å². The lowest BCUT2D eigenvalue weighted by Crippen LogP contribution is -2.25. The van der Waals surface area contributed by atoms with Crippen molar-refractivity contribution in [1.29, 1.82) is 0 Å². The molecule has 0 saturated heterocycles. The zero-order chi connectivity index (χ0) is 24.0. The molecule has 0 saturated carbocycles. The summed E-state index contributed by atoms with van der Waals surface area (Å²) < 4.78 is 0. The Kier molecular flexibility index (Phi) is 5.80. The van der Waals surface area contributed by atoms with Crippen LogP contribution in [-0.2, 0) is 19.4 Å². The van der Waals surface area contributed by atoms with Crippen molar-refractivity contribution in [2.75, 3.05) is 7.05 Å². The predicted molar refractivity (Wildman–Crippen MR) is 141 cm³/mol. The predicted octanol–water partition coefficient (Wildman–Crippen LogP) is 6.75. The van der Waals surface area contributed by atoms with Crippen LogP contribution < -0.4 is 5.84 Å². The van der Waals surface area contributed by atoms with Crippen molar-refractivity contribution >= 4 is 28.1 Å². The van der Waals surface area contributed by atoms with Gasteiger partial charge in [-0.1, -0.05) is 62.4 Å². The third-order valence-electron chi connectivity index (χ3n) is 6.84. The van der Waals surface area contributed by atoms with Gasteiger partial charge in [-0.2, -0.15) is 0 Å². The average Bonchev–Trinajstić information content (AvgIpc) is 3.15. The third-order valence-corrected chi connectivity index (χ3v) is 8.17. The molecule has 1 aliphatic rings. The van der Waals surface area contributed by atoms with Crippen LogP contribution in [0.2, 0.25) is 0 Å². The Morgan fingerprint density at radius 1 is 1.06 bits per heavy atom. The molecular formula is C29H30N2O2S. The number of carboxylic acid groups (broad SMARTS) is 1. The van der Waals surface area contributed by atoms with Gasteiger partial charge in [0, 0.05) is 23.3 Å². The van der Waals surface area contributed by atoms with Gasteiger partial charge in [-0.3, -0.25) is 5.84 Å². The number of carboxylic acids is 1. The number of nitrogens with zero attached hydrogens (tertiary/aromatic N) is 1. The number of carbonyl (C=O) groups is 1. The smallest absolute Gasteiger partial charge is 0.337 e. The van der Waals surface area contributed by atoms with Crippen LogP contribution in [0.4, 0.5) is 0 Å². The zero-order valence-corrected chi connectivity index (χ0v) is 20.7. The summed E-state index contributed by atoms with van der Waals surface area (Å²) in [6.07, 6.45) is 2.83. The Balaban J connectivity index is 1.65. The van der Waals surface area contributed by atoms with Crippen LogP contribution in [0.1, 0.15) is 46.6 Å². The van der Waals surface area contributed by atoms with E-state index in [1.807, 2.05) is 13.1 Å². The quantitative estimate of drug-likeness (QED) is 0.250. The summed E-state index contributed by atoms with van der Waals surface area (Å²) in [7, 11) is 1.84. The molecule has 34 heavy (non-hydrogen) atoms. The molecular weight excluding hydrogens is 440 g/mol. The number of aromatic carboxylic acids is 1. The molecule has 1 aromatic heterocycles. The summed E-state index contributed by atoms with van der Waals surface area (Å²) in [5.41, 5.74) is 5.87. The number of nitrogens with two attached hydrogens (primary N) is 1. The molecule has 0 fully saturated rings. The number of fused-ring (bicyclic) bond motifs is 2. The van der Waals surface area contributed by atoms with E-state index in [0.717, 1.165) is 52.0 Å². The molecule has 4 nitrogen and oxygen atoms in total. The molecule has 0 radical (unpaired) electrons. The maximum absolute atomic E-state index is 12.5. The molecule has 0 atom stereocenters. The van der Waals surface area contributed by atoms with Crippen molar-refractivity contribution in [2.24, 2.45) is 11.3 Å². The number of hydrazine groups is 1. The van der Waals surface area contributed by atoms with E-state index in [9.17, 15) is 9.90 Å². The Morgan fingerprint density at radius 3 is 2.50 bits per heavy atom. The highest BCUT2D eigenvalue weighted by Crippen LogP contribution is 2.46. The molecule has 3 N–H and O–H groups in total. The highest BCUT2D eigenvalue weighted by atomic mass is 32.1. The fourth-order valence-electron chi connectivity index (χ4n) is 5.10. The van der Waals surface area contributed by atoms with Gasteiger partial charge in [-0.05, 0) is 75.4 Å². The molecule has 5 rings (SSSR count). The normalized spacial score (nSPS) is 15.0. The molecule has 174 valence electrons. The molecule has 0 unspecified atom stereocenters. The number of hydrogen-bond donors (Lipinski definition) is 2. The SMILES string of the molecule is CN(N)Cc1cc(-c2ccc3ccccc3c2)ccc1-c1sc2c(c1C(=O)O)CC(C)(C)CC2. The molecule has 1 heterocycles. The number of benzene rings is 3. The van der Waals surface area contributed by atoms with Crippen LogP contribution in [0, 0.1) is 5.41 Å². The van der Waals surface area contributed by atoms with E-state index in [0.29, 0.717) is 12.1 Å². The first-order chi connectivity index (χ1) is 16.2. The van der Waals surface area contributed by atoms with Crippen LogP contribution >= 0.6 is 11.3 Å². The summed E-state index contributed by atoms with van der Waals surface area (Å²) in [6.45, 7) is 4.99. The van der Waals surface area contributed by atoms with E-state index in [1.54, 1.807) is 16.3 Å². The minimum atomic E-state index is -0.837. The number of rotatable bonds is 5. The van der Waals surface area contributed by atoms with Gasteiger partial charge in [0.15, 0.2) is 0 Å². The van der Waals surface area contributed by atoms with E-state index >= 15 is 0 Å². The van der Waals surface area contributed by atoms with Gasteiger partial charge in [0.2, 0.25) is 0 Å². The Morgan fingerprint density at radius 2 is 1.76 bits per heavy atom. The van der Waals surface area contributed by atoms with Gasteiger partial charge < -0.3 is 5.11 Å². The van der Waals surface area contributed by atoms with Crippen molar-refractivity contribution in [3.8, 4) is 21.6 Å². The molecule has 0 bridgehead atoms. The second-order valence-corrected chi connectivity index (χ2v) is 11.3. The van der Waals surface area contributed by atoms with E-state index in [-0.39, 0.29) is 5.41 Å². The summed E-state index contributed by atoms with van der Waals surface area (Å²) >= 11 is 1.65. The van der Waals surface area contributed by atoms with Crippen LogP contribution in [0.15, 0.2) is 60.7 Å². The maximum Gasteiger partial charge on any atom is 0.337 e. The summed E-state index contributed by atoms with van der Waals surface area (Å²) in [5, 5.41) is 14.3. The maximum atomic E-state index is 12.5. The Bertz CT molecular complexity index is 1400. The van der Waals surface area contributed by atoms with Crippen molar-refractivity contribution in [1.82, 2.24) is 5.01 Å². The van der Waals surface area contributed by atoms with Gasteiger partial charge in [0.1, 0.15) is 0 Å². The summed E-state index contributed by atoms with van der Waals surface area (Å²) in [6, 6.07) is 21.2. The van der Waals surface area contributed by atoms with Gasteiger partial charge in [-0.15, -0.1) is 11.3 Å². The lowest BCUT2D eigenvalue weighted by atomic mass is 9.76. The second-order valence-electron chi connectivity index (χ2n) is 10.2.